The molecule has 0 unspecified atom stereocenters. The van der Waals surface area contributed by atoms with Gasteiger partial charge < -0.3 is 13.7 Å². The van der Waals surface area contributed by atoms with Crippen molar-refractivity contribution in [3.63, 3.8) is 0 Å². The van der Waals surface area contributed by atoms with Crippen LogP contribution in [-0.4, -0.2) is 29.5 Å². The molecule has 0 fully saturated rings. The fraction of sp³-hybridized carbons (Fsp3) is 0.182. The summed E-state index contributed by atoms with van der Waals surface area (Å²) in [6.45, 7) is 2.28. The zero-order valence-electron chi connectivity index (χ0n) is 16.8. The van der Waals surface area contributed by atoms with E-state index in [1.165, 1.54) is 22.7 Å². The van der Waals surface area contributed by atoms with Crippen LogP contribution in [0.25, 0.3) is 11.4 Å². The first kappa shape index (κ1) is 20.8. The minimum Gasteiger partial charge on any atom is -0.494 e. The van der Waals surface area contributed by atoms with Crippen molar-refractivity contribution in [2.24, 2.45) is 0 Å². The molecular weight excluding hydrogens is 418 g/mol. The summed E-state index contributed by atoms with van der Waals surface area (Å²) in [5.41, 5.74) is 0.782. The standard InChI is InChI=1S/C22H21N3O5S/c1-2-28-18-10-12-20(13-11-18)31(26,27)25(15-19-9-6-14-29-19)16-21-23-22(24-30-21)17-7-4-3-5-8-17/h3-14H,2,15-16H2,1H3. The highest BCUT2D eigenvalue weighted by Crippen LogP contribution is 2.24. The van der Waals surface area contributed by atoms with E-state index < -0.39 is 10.0 Å². The van der Waals surface area contributed by atoms with Crippen molar-refractivity contribution in [3.05, 3.63) is 84.6 Å². The van der Waals surface area contributed by atoms with E-state index in [0.29, 0.717) is 23.9 Å². The van der Waals surface area contributed by atoms with Crippen LogP contribution in [0.1, 0.15) is 18.6 Å². The van der Waals surface area contributed by atoms with Gasteiger partial charge in [0.2, 0.25) is 21.7 Å². The number of furan rings is 1. The number of hydrogen-bond donors (Lipinski definition) is 0. The molecule has 0 spiro atoms. The van der Waals surface area contributed by atoms with Gasteiger partial charge in [0.25, 0.3) is 0 Å². The number of nitrogens with zero attached hydrogens (tertiary/aromatic N) is 3. The largest absolute Gasteiger partial charge is 0.494 e. The Kier molecular flexibility index (Phi) is 6.15. The van der Waals surface area contributed by atoms with Crippen LogP contribution < -0.4 is 4.74 Å². The third-order valence-corrected chi connectivity index (χ3v) is 6.30. The third kappa shape index (κ3) is 4.84. The molecule has 160 valence electrons. The quantitative estimate of drug-likeness (QED) is 0.387. The molecule has 0 saturated carbocycles. The SMILES string of the molecule is CCOc1ccc(S(=O)(=O)N(Cc2ccco2)Cc2nc(-c3ccccc3)no2)cc1. The van der Waals surface area contributed by atoms with Crippen LogP contribution in [0, 0.1) is 0 Å². The normalized spacial score (nSPS) is 11.7. The molecular formula is C22H21N3O5S. The lowest BCUT2D eigenvalue weighted by Crippen LogP contribution is -2.30. The number of aromatic nitrogens is 2. The Morgan fingerprint density at radius 1 is 0.968 bits per heavy atom. The Labute approximate surface area is 180 Å². The first-order chi connectivity index (χ1) is 15.1. The van der Waals surface area contributed by atoms with Crippen LogP contribution in [0.4, 0.5) is 0 Å². The average molecular weight is 439 g/mol. The summed E-state index contributed by atoms with van der Waals surface area (Å²) in [5.74, 6) is 1.67. The predicted octanol–water partition coefficient (Wildman–Crippen LogP) is 4.12. The van der Waals surface area contributed by atoms with Crippen molar-refractivity contribution in [2.75, 3.05) is 6.61 Å². The van der Waals surface area contributed by atoms with Gasteiger partial charge in [0.05, 0.1) is 30.9 Å². The Morgan fingerprint density at radius 2 is 1.74 bits per heavy atom. The topological polar surface area (TPSA) is 98.7 Å². The van der Waals surface area contributed by atoms with Crippen LogP contribution >= 0.6 is 0 Å². The van der Waals surface area contributed by atoms with Gasteiger partial charge in [-0.25, -0.2) is 8.42 Å². The van der Waals surface area contributed by atoms with Crippen LogP contribution in [0.5, 0.6) is 5.75 Å². The summed E-state index contributed by atoms with van der Waals surface area (Å²) >= 11 is 0. The smallest absolute Gasteiger partial charge is 0.243 e. The molecule has 4 aromatic rings. The molecule has 0 N–H and O–H groups in total. The lowest BCUT2D eigenvalue weighted by Gasteiger charge is -2.19. The number of hydrogen-bond acceptors (Lipinski definition) is 7. The van der Waals surface area contributed by atoms with E-state index in [-0.39, 0.29) is 23.9 Å². The van der Waals surface area contributed by atoms with E-state index in [9.17, 15) is 8.42 Å². The second-order valence-corrected chi connectivity index (χ2v) is 8.57. The first-order valence-corrected chi connectivity index (χ1v) is 11.1. The highest BCUT2D eigenvalue weighted by molar-refractivity contribution is 7.89. The molecule has 0 atom stereocenters. The molecule has 0 amide bonds. The van der Waals surface area contributed by atoms with Gasteiger partial charge in [-0.1, -0.05) is 35.5 Å². The van der Waals surface area contributed by atoms with Crippen molar-refractivity contribution in [3.8, 4) is 17.1 Å². The van der Waals surface area contributed by atoms with Crippen molar-refractivity contribution >= 4 is 10.0 Å². The van der Waals surface area contributed by atoms with Crippen LogP contribution in [0.2, 0.25) is 0 Å². The molecule has 2 aromatic carbocycles. The van der Waals surface area contributed by atoms with E-state index in [2.05, 4.69) is 10.1 Å². The van der Waals surface area contributed by atoms with E-state index in [1.54, 1.807) is 24.3 Å². The number of benzene rings is 2. The highest BCUT2D eigenvalue weighted by atomic mass is 32.2. The molecule has 0 radical (unpaired) electrons. The molecule has 0 aliphatic heterocycles. The zero-order valence-corrected chi connectivity index (χ0v) is 17.7. The molecule has 0 bridgehead atoms. The molecule has 2 heterocycles. The Morgan fingerprint density at radius 3 is 2.42 bits per heavy atom. The maximum Gasteiger partial charge on any atom is 0.243 e. The zero-order chi connectivity index (χ0) is 21.7. The number of rotatable bonds is 9. The van der Waals surface area contributed by atoms with Gasteiger partial charge in [-0.15, -0.1) is 0 Å². The first-order valence-electron chi connectivity index (χ1n) is 9.69. The third-order valence-electron chi connectivity index (χ3n) is 4.50. The van der Waals surface area contributed by atoms with Crippen LogP contribution in [-0.2, 0) is 23.1 Å². The monoisotopic (exact) mass is 439 g/mol. The van der Waals surface area contributed by atoms with Gasteiger partial charge in [0.15, 0.2) is 0 Å². The predicted molar refractivity (Wildman–Crippen MR) is 112 cm³/mol. The van der Waals surface area contributed by atoms with Gasteiger partial charge in [0, 0.05) is 5.56 Å². The second-order valence-electron chi connectivity index (χ2n) is 6.63. The minimum atomic E-state index is -3.87. The van der Waals surface area contributed by atoms with Gasteiger partial charge in [0.1, 0.15) is 11.5 Å². The molecule has 0 aliphatic carbocycles. The van der Waals surface area contributed by atoms with Crippen LogP contribution in [0.3, 0.4) is 0 Å². The van der Waals surface area contributed by atoms with Gasteiger partial charge in [-0.3, -0.25) is 0 Å². The highest BCUT2D eigenvalue weighted by Gasteiger charge is 2.28. The molecule has 2 aromatic heterocycles. The van der Waals surface area contributed by atoms with E-state index in [4.69, 9.17) is 13.7 Å². The van der Waals surface area contributed by atoms with Gasteiger partial charge >= 0.3 is 0 Å². The number of sulfonamides is 1. The molecule has 9 heteroatoms. The summed E-state index contributed by atoms with van der Waals surface area (Å²) in [6, 6.07) is 19.0. The molecule has 0 aliphatic rings. The second kappa shape index (κ2) is 9.15. The Bertz CT molecular complexity index is 1200. The average Bonchev–Trinajstić information content (AvgIpc) is 3.47. The fourth-order valence-electron chi connectivity index (χ4n) is 3.00. The molecule has 0 saturated heterocycles. The summed E-state index contributed by atoms with van der Waals surface area (Å²) < 4.78 is 44.1. The van der Waals surface area contributed by atoms with Gasteiger partial charge in [-0.2, -0.15) is 9.29 Å². The summed E-state index contributed by atoms with van der Waals surface area (Å²) in [7, 11) is -3.87. The fourth-order valence-corrected chi connectivity index (χ4v) is 4.36. The lowest BCUT2D eigenvalue weighted by atomic mass is 10.2. The van der Waals surface area contributed by atoms with Crippen LogP contribution in [0.15, 0.2) is 86.8 Å². The number of ether oxygens (including phenoxy) is 1. The minimum absolute atomic E-state index is 0.0194. The Balaban J connectivity index is 1.62. The van der Waals surface area contributed by atoms with E-state index in [1.807, 2.05) is 37.3 Å². The molecule has 31 heavy (non-hydrogen) atoms. The van der Waals surface area contributed by atoms with Crippen molar-refractivity contribution in [1.29, 1.82) is 0 Å². The Hall–Kier alpha value is -3.43. The maximum atomic E-state index is 13.4. The maximum absolute atomic E-state index is 13.4. The summed E-state index contributed by atoms with van der Waals surface area (Å²) in [5, 5.41) is 3.98. The molecule has 8 nitrogen and oxygen atoms in total. The van der Waals surface area contributed by atoms with Crippen molar-refractivity contribution < 1.29 is 22.1 Å². The lowest BCUT2D eigenvalue weighted by molar-refractivity contribution is 0.297. The van der Waals surface area contributed by atoms with Crippen molar-refractivity contribution in [1.82, 2.24) is 14.4 Å². The van der Waals surface area contributed by atoms with Gasteiger partial charge in [-0.05, 0) is 43.3 Å². The summed E-state index contributed by atoms with van der Waals surface area (Å²) in [4.78, 5) is 4.49. The molecule has 4 rings (SSSR count). The summed E-state index contributed by atoms with van der Waals surface area (Å²) in [6.07, 6.45) is 1.50. The van der Waals surface area contributed by atoms with Crippen molar-refractivity contribution in [2.45, 2.75) is 24.9 Å². The van der Waals surface area contributed by atoms with E-state index in [0.717, 1.165) is 5.56 Å². The van der Waals surface area contributed by atoms with E-state index >= 15 is 0 Å².